The van der Waals surface area contributed by atoms with E-state index < -0.39 is 22.0 Å². The Balaban J connectivity index is 2.26. The van der Waals surface area contributed by atoms with E-state index >= 15 is 0 Å². The van der Waals surface area contributed by atoms with Crippen molar-refractivity contribution in [1.29, 1.82) is 0 Å². The Labute approximate surface area is 124 Å². The Morgan fingerprint density at radius 2 is 2.14 bits per heavy atom. The molecule has 0 aromatic carbocycles. The highest BCUT2D eigenvalue weighted by Crippen LogP contribution is 2.38. The maximum absolute atomic E-state index is 13.0. The number of hydrogen-bond acceptors (Lipinski definition) is 6. The second kappa shape index (κ2) is 6.13. The lowest BCUT2D eigenvalue weighted by atomic mass is 10.4. The summed E-state index contributed by atoms with van der Waals surface area (Å²) in [5.41, 5.74) is 0. The number of likely N-dealkylation sites (N-methyl/N-ethyl adjacent to an activating group) is 1. The van der Waals surface area contributed by atoms with E-state index in [1.54, 1.807) is 0 Å². The molecule has 1 fully saturated rings. The molecule has 0 radical (unpaired) electrons. The molecule has 2 unspecified atom stereocenters. The van der Waals surface area contributed by atoms with Gasteiger partial charge in [0.25, 0.3) is 0 Å². The summed E-state index contributed by atoms with van der Waals surface area (Å²) in [6.07, 6.45) is -4.24. The van der Waals surface area contributed by atoms with Crippen LogP contribution in [0.5, 0.6) is 0 Å². The minimum Gasteiger partial charge on any atom is -0.623 e. The molecule has 1 aliphatic heterocycles. The Hall–Kier alpha value is -0.810. The van der Waals surface area contributed by atoms with Gasteiger partial charge < -0.3 is 5.21 Å². The van der Waals surface area contributed by atoms with Crippen LogP contribution in [0.2, 0.25) is 0 Å². The number of aromatic nitrogens is 2. The van der Waals surface area contributed by atoms with Crippen molar-refractivity contribution in [3.05, 3.63) is 10.2 Å². The molecule has 0 saturated carbocycles. The zero-order chi connectivity index (χ0) is 15.7. The second-order valence-corrected chi connectivity index (χ2v) is 5.92. The van der Waals surface area contributed by atoms with E-state index in [1.807, 2.05) is 18.7 Å². The van der Waals surface area contributed by atoms with Gasteiger partial charge in [-0.25, -0.2) is 4.90 Å². The van der Waals surface area contributed by atoms with Gasteiger partial charge in [0, 0.05) is 13.1 Å². The van der Waals surface area contributed by atoms with Gasteiger partial charge in [0.1, 0.15) is 6.67 Å². The summed E-state index contributed by atoms with van der Waals surface area (Å²) < 4.78 is 37.0. The van der Waals surface area contributed by atoms with E-state index in [2.05, 4.69) is 15.5 Å². The summed E-state index contributed by atoms with van der Waals surface area (Å²) in [5.74, 6) is 0. The first-order valence-corrected chi connectivity index (χ1v) is 7.58. The Morgan fingerprint density at radius 1 is 1.43 bits per heavy atom. The fourth-order valence-electron chi connectivity index (χ4n) is 2.26. The lowest BCUT2D eigenvalue weighted by Gasteiger charge is -2.39. The van der Waals surface area contributed by atoms with Gasteiger partial charge in [-0.05, 0) is 17.8 Å². The van der Waals surface area contributed by atoms with Crippen LogP contribution in [0.4, 0.5) is 18.3 Å². The molecule has 1 aromatic rings. The molecule has 2 rings (SSSR count). The zero-order valence-corrected chi connectivity index (χ0v) is 12.7. The van der Waals surface area contributed by atoms with Crippen LogP contribution in [0, 0.1) is 5.21 Å². The van der Waals surface area contributed by atoms with Crippen molar-refractivity contribution in [2.75, 3.05) is 26.3 Å². The molecule has 1 saturated heterocycles. The first kappa shape index (κ1) is 16.6. The summed E-state index contributed by atoms with van der Waals surface area (Å²) in [6.45, 7) is 5.75. The van der Waals surface area contributed by atoms with Gasteiger partial charge in [-0.2, -0.15) is 13.2 Å². The van der Waals surface area contributed by atoms with Crippen LogP contribution in [-0.2, 0) is 6.18 Å². The Kier molecular flexibility index (Phi) is 4.83. The molecule has 1 aliphatic rings. The average Bonchev–Trinajstić information content (AvgIpc) is 3.01. The Morgan fingerprint density at radius 3 is 2.67 bits per heavy atom. The largest absolute Gasteiger partial charge is 0.623 e. The number of hydroxylamine groups is 2. The normalized spacial score (nSPS) is 27.4. The molecule has 2 heterocycles. The molecule has 6 nitrogen and oxygen atoms in total. The van der Waals surface area contributed by atoms with E-state index in [4.69, 9.17) is 0 Å². The van der Waals surface area contributed by atoms with Crippen molar-refractivity contribution >= 4 is 16.5 Å². The summed E-state index contributed by atoms with van der Waals surface area (Å²) in [7, 11) is 0. The first-order valence-electron chi connectivity index (χ1n) is 6.77. The van der Waals surface area contributed by atoms with Crippen LogP contribution in [0.1, 0.15) is 25.3 Å². The standard InChI is InChI=1S/C11H18F3N5OS/c1-3-5-15-8-6-18(4-2)7-19(8,20)10-17-16-9(21-10)11(12,13)14/h8,15H,3-7H2,1-2H3. The lowest BCUT2D eigenvalue weighted by molar-refractivity contribution is -0.138. The van der Waals surface area contributed by atoms with E-state index in [0.29, 0.717) is 31.0 Å². The topological polar surface area (TPSA) is 64.1 Å². The minimum atomic E-state index is -4.56. The van der Waals surface area contributed by atoms with Gasteiger partial charge >= 0.3 is 11.3 Å². The van der Waals surface area contributed by atoms with E-state index in [9.17, 15) is 18.4 Å². The van der Waals surface area contributed by atoms with Gasteiger partial charge in [-0.3, -0.25) is 9.96 Å². The minimum absolute atomic E-state index is 0.0877. The zero-order valence-electron chi connectivity index (χ0n) is 11.9. The monoisotopic (exact) mass is 325 g/mol. The van der Waals surface area contributed by atoms with Crippen LogP contribution in [0.15, 0.2) is 0 Å². The molecular weight excluding hydrogens is 307 g/mol. The molecule has 1 aromatic heterocycles. The summed E-state index contributed by atoms with van der Waals surface area (Å²) >= 11 is 0.331. The number of alkyl halides is 3. The molecule has 0 spiro atoms. The van der Waals surface area contributed by atoms with Crippen LogP contribution < -0.4 is 9.96 Å². The summed E-state index contributed by atoms with van der Waals surface area (Å²) in [4.78, 5) is 1.90. The third kappa shape index (κ3) is 3.34. The highest BCUT2D eigenvalue weighted by Gasteiger charge is 2.45. The van der Waals surface area contributed by atoms with Crippen molar-refractivity contribution < 1.29 is 13.2 Å². The first-order chi connectivity index (χ1) is 9.81. The summed E-state index contributed by atoms with van der Waals surface area (Å²) in [6, 6.07) is 0. The predicted octanol–water partition coefficient (Wildman–Crippen LogP) is 1.98. The molecule has 120 valence electrons. The van der Waals surface area contributed by atoms with Crippen LogP contribution in [0.25, 0.3) is 0 Å². The molecule has 0 bridgehead atoms. The van der Waals surface area contributed by atoms with Crippen LogP contribution in [-0.4, -0.2) is 47.6 Å². The molecule has 1 N–H and O–H groups in total. The number of halogens is 3. The third-order valence-corrected chi connectivity index (χ3v) is 4.48. The van der Waals surface area contributed by atoms with Gasteiger partial charge in [-0.1, -0.05) is 18.9 Å². The third-order valence-electron chi connectivity index (χ3n) is 3.40. The summed E-state index contributed by atoms with van der Waals surface area (Å²) in [5, 5.41) is 21.5. The highest BCUT2D eigenvalue weighted by atomic mass is 32.1. The predicted molar refractivity (Wildman–Crippen MR) is 74.3 cm³/mol. The number of quaternary nitrogens is 1. The van der Waals surface area contributed by atoms with E-state index in [0.717, 1.165) is 6.42 Å². The van der Waals surface area contributed by atoms with Crippen LogP contribution >= 0.6 is 11.3 Å². The van der Waals surface area contributed by atoms with Gasteiger partial charge in [0.05, 0.1) is 6.54 Å². The molecular formula is C11H18F3N5OS. The lowest BCUT2D eigenvalue weighted by Crippen LogP contribution is -2.56. The smallest absolute Gasteiger partial charge is 0.445 e. The second-order valence-electron chi connectivity index (χ2n) is 4.96. The molecule has 2 atom stereocenters. The molecule has 10 heteroatoms. The number of hydrogen-bond donors (Lipinski definition) is 1. The van der Waals surface area contributed by atoms with Crippen molar-refractivity contribution in [2.45, 2.75) is 32.6 Å². The SMILES string of the molecule is CCCNC1CN(CC)C[N+]1([O-])c1nnc(C(F)(F)F)s1. The van der Waals surface area contributed by atoms with Crippen molar-refractivity contribution in [3.63, 3.8) is 0 Å². The fraction of sp³-hybridized carbons (Fsp3) is 0.818. The quantitative estimate of drug-likeness (QED) is 0.662. The van der Waals surface area contributed by atoms with E-state index in [1.165, 1.54) is 0 Å². The maximum Gasteiger partial charge on any atom is 0.445 e. The van der Waals surface area contributed by atoms with E-state index in [-0.39, 0.29) is 11.8 Å². The fourth-order valence-corrected chi connectivity index (χ4v) is 3.05. The van der Waals surface area contributed by atoms with Gasteiger partial charge in [0.15, 0.2) is 6.17 Å². The maximum atomic E-state index is 13.0. The highest BCUT2D eigenvalue weighted by molar-refractivity contribution is 7.15. The van der Waals surface area contributed by atoms with Crippen molar-refractivity contribution in [2.24, 2.45) is 0 Å². The number of nitrogens with one attached hydrogen (secondary N) is 1. The van der Waals surface area contributed by atoms with Crippen LogP contribution in [0.3, 0.4) is 0 Å². The molecule has 21 heavy (non-hydrogen) atoms. The number of rotatable bonds is 5. The number of nitrogens with zero attached hydrogens (tertiary/aromatic N) is 4. The Bertz CT molecular complexity index is 483. The van der Waals surface area contributed by atoms with Gasteiger partial charge in [-0.15, -0.1) is 5.10 Å². The molecule has 0 amide bonds. The van der Waals surface area contributed by atoms with Crippen molar-refractivity contribution in [1.82, 2.24) is 25.1 Å². The van der Waals surface area contributed by atoms with Gasteiger partial charge in [0.2, 0.25) is 5.01 Å². The molecule has 0 aliphatic carbocycles. The average molecular weight is 325 g/mol. The van der Waals surface area contributed by atoms with Crippen molar-refractivity contribution in [3.8, 4) is 0 Å².